The van der Waals surface area contributed by atoms with E-state index in [-0.39, 0.29) is 24.7 Å². The number of hydrogen-bond donors (Lipinski definition) is 2. The molecule has 2 N–H and O–H groups in total. The molecule has 0 aliphatic rings. The van der Waals surface area contributed by atoms with Crippen LogP contribution in [0.4, 0.5) is 5.69 Å². The molecule has 5 heteroatoms. The first-order valence-corrected chi connectivity index (χ1v) is 7.21. The summed E-state index contributed by atoms with van der Waals surface area (Å²) in [4.78, 5) is 23.6. The normalized spacial score (nSPS) is 10.3. The average Bonchev–Trinajstić information content (AvgIpc) is 3.00. The number of carbonyl (C=O) groups excluding carboxylic acids is 2. The molecule has 0 aliphatic heterocycles. The molecule has 2 aromatic rings. The Morgan fingerprint density at radius 2 is 1.68 bits per heavy atom. The van der Waals surface area contributed by atoms with Gasteiger partial charge in [0.15, 0.2) is 0 Å². The van der Waals surface area contributed by atoms with Crippen LogP contribution in [0.25, 0.3) is 0 Å². The predicted molar refractivity (Wildman–Crippen MR) is 84.3 cm³/mol. The first-order chi connectivity index (χ1) is 10.6. The Morgan fingerprint density at radius 1 is 1.00 bits per heavy atom. The van der Waals surface area contributed by atoms with E-state index in [0.717, 1.165) is 16.8 Å². The molecular formula is C17H20N2O3. The van der Waals surface area contributed by atoms with Gasteiger partial charge in [0.25, 0.3) is 0 Å². The highest BCUT2D eigenvalue weighted by atomic mass is 16.3. The lowest BCUT2D eigenvalue weighted by molar-refractivity contribution is -0.124. The molecule has 0 bridgehead atoms. The van der Waals surface area contributed by atoms with Crippen LogP contribution in [0.3, 0.4) is 0 Å². The zero-order valence-electron chi connectivity index (χ0n) is 12.8. The number of furan rings is 1. The van der Waals surface area contributed by atoms with Crippen LogP contribution in [-0.4, -0.2) is 11.8 Å². The Balaban J connectivity index is 1.76. The van der Waals surface area contributed by atoms with Crippen molar-refractivity contribution in [3.8, 4) is 0 Å². The number of nitrogens with one attached hydrogen (secondary N) is 2. The Bertz CT molecular complexity index is 628. The van der Waals surface area contributed by atoms with Crippen LogP contribution in [0.1, 0.15) is 29.7 Å². The van der Waals surface area contributed by atoms with E-state index in [1.54, 1.807) is 18.4 Å². The van der Waals surface area contributed by atoms with Gasteiger partial charge in [0, 0.05) is 18.5 Å². The zero-order valence-corrected chi connectivity index (χ0v) is 12.8. The molecule has 0 spiro atoms. The van der Waals surface area contributed by atoms with Crippen molar-refractivity contribution in [1.82, 2.24) is 5.32 Å². The van der Waals surface area contributed by atoms with Crippen LogP contribution >= 0.6 is 0 Å². The fraction of sp³-hybridized carbons (Fsp3) is 0.294. The van der Waals surface area contributed by atoms with E-state index in [1.165, 1.54) is 0 Å². The van der Waals surface area contributed by atoms with Crippen molar-refractivity contribution in [1.29, 1.82) is 0 Å². The summed E-state index contributed by atoms with van der Waals surface area (Å²) in [6, 6.07) is 9.38. The van der Waals surface area contributed by atoms with Gasteiger partial charge in [0.2, 0.25) is 11.8 Å². The highest BCUT2D eigenvalue weighted by Gasteiger charge is 2.10. The van der Waals surface area contributed by atoms with Crippen LogP contribution in [0.2, 0.25) is 0 Å². The summed E-state index contributed by atoms with van der Waals surface area (Å²) in [5.74, 6) is 0.354. The lowest BCUT2D eigenvalue weighted by Crippen LogP contribution is -2.24. The number of anilines is 1. The number of amides is 2. The number of para-hydroxylation sites is 1. The average molecular weight is 300 g/mol. The van der Waals surface area contributed by atoms with Gasteiger partial charge in [-0.1, -0.05) is 18.2 Å². The van der Waals surface area contributed by atoms with E-state index < -0.39 is 0 Å². The maximum atomic E-state index is 11.9. The summed E-state index contributed by atoms with van der Waals surface area (Å²) in [5.41, 5.74) is 2.84. The van der Waals surface area contributed by atoms with Gasteiger partial charge in [0.1, 0.15) is 5.76 Å². The van der Waals surface area contributed by atoms with Gasteiger partial charge in [-0.25, -0.2) is 0 Å². The number of carbonyl (C=O) groups is 2. The summed E-state index contributed by atoms with van der Waals surface area (Å²) in [7, 11) is 0. The molecule has 0 radical (unpaired) electrons. The summed E-state index contributed by atoms with van der Waals surface area (Å²) < 4.78 is 5.12. The molecule has 1 aromatic carbocycles. The van der Waals surface area contributed by atoms with Crippen LogP contribution in [0, 0.1) is 13.8 Å². The molecule has 0 atom stereocenters. The maximum Gasteiger partial charge on any atom is 0.224 e. The monoisotopic (exact) mass is 300 g/mol. The Morgan fingerprint density at radius 3 is 2.32 bits per heavy atom. The van der Waals surface area contributed by atoms with Crippen LogP contribution in [0.15, 0.2) is 41.0 Å². The minimum atomic E-state index is -0.173. The molecule has 22 heavy (non-hydrogen) atoms. The molecule has 0 saturated heterocycles. The van der Waals surface area contributed by atoms with Crippen LogP contribution in [0.5, 0.6) is 0 Å². The van der Waals surface area contributed by atoms with E-state index >= 15 is 0 Å². The summed E-state index contributed by atoms with van der Waals surface area (Å²) in [6.07, 6.45) is 1.86. The van der Waals surface area contributed by atoms with Crippen molar-refractivity contribution in [2.24, 2.45) is 0 Å². The van der Waals surface area contributed by atoms with Crippen LogP contribution < -0.4 is 10.6 Å². The second kappa shape index (κ2) is 7.45. The topological polar surface area (TPSA) is 71.3 Å². The Kier molecular flexibility index (Phi) is 5.36. The van der Waals surface area contributed by atoms with Crippen molar-refractivity contribution in [3.05, 3.63) is 53.5 Å². The second-order valence-electron chi connectivity index (χ2n) is 5.17. The Labute approximate surface area is 129 Å². The van der Waals surface area contributed by atoms with Gasteiger partial charge in [-0.15, -0.1) is 0 Å². The number of benzene rings is 1. The maximum absolute atomic E-state index is 11.9. The van der Waals surface area contributed by atoms with Crippen molar-refractivity contribution in [2.75, 3.05) is 5.32 Å². The van der Waals surface area contributed by atoms with E-state index in [1.807, 2.05) is 32.0 Å². The molecule has 0 unspecified atom stereocenters. The molecule has 1 aromatic heterocycles. The lowest BCUT2D eigenvalue weighted by Gasteiger charge is -2.11. The smallest absolute Gasteiger partial charge is 0.224 e. The van der Waals surface area contributed by atoms with E-state index in [0.29, 0.717) is 12.3 Å². The SMILES string of the molecule is Cc1cccc(C)c1NC(=O)CCC(=O)NCc1ccco1. The van der Waals surface area contributed by atoms with Crippen molar-refractivity contribution in [2.45, 2.75) is 33.2 Å². The fourth-order valence-electron chi connectivity index (χ4n) is 2.13. The molecule has 1 heterocycles. The zero-order chi connectivity index (χ0) is 15.9. The first-order valence-electron chi connectivity index (χ1n) is 7.21. The quantitative estimate of drug-likeness (QED) is 0.861. The van der Waals surface area contributed by atoms with Crippen molar-refractivity contribution in [3.63, 3.8) is 0 Å². The van der Waals surface area contributed by atoms with Gasteiger partial charge >= 0.3 is 0 Å². The van der Waals surface area contributed by atoms with Gasteiger partial charge < -0.3 is 15.1 Å². The van der Waals surface area contributed by atoms with Crippen molar-refractivity contribution < 1.29 is 14.0 Å². The molecular weight excluding hydrogens is 280 g/mol. The van der Waals surface area contributed by atoms with Gasteiger partial charge in [-0.3, -0.25) is 9.59 Å². The molecule has 0 fully saturated rings. The van der Waals surface area contributed by atoms with E-state index in [9.17, 15) is 9.59 Å². The van der Waals surface area contributed by atoms with Gasteiger partial charge in [-0.05, 0) is 37.1 Å². The van der Waals surface area contributed by atoms with Crippen molar-refractivity contribution >= 4 is 17.5 Å². The third-order valence-electron chi connectivity index (χ3n) is 3.36. The molecule has 116 valence electrons. The van der Waals surface area contributed by atoms with E-state index in [2.05, 4.69) is 10.6 Å². The second-order valence-corrected chi connectivity index (χ2v) is 5.17. The summed E-state index contributed by atoms with van der Waals surface area (Å²) in [5, 5.41) is 5.58. The first kappa shape index (κ1) is 15.8. The fourth-order valence-corrected chi connectivity index (χ4v) is 2.13. The van der Waals surface area contributed by atoms with Gasteiger partial charge in [-0.2, -0.15) is 0 Å². The molecule has 0 saturated carbocycles. The standard InChI is InChI=1S/C17H20N2O3/c1-12-5-3-6-13(2)17(12)19-16(21)9-8-15(20)18-11-14-7-4-10-22-14/h3-7,10H,8-9,11H2,1-2H3,(H,18,20)(H,19,21). The molecule has 0 aliphatic carbocycles. The predicted octanol–water partition coefficient (Wildman–Crippen LogP) is 2.93. The highest BCUT2D eigenvalue weighted by Crippen LogP contribution is 2.19. The molecule has 2 rings (SSSR count). The van der Waals surface area contributed by atoms with Gasteiger partial charge in [0.05, 0.1) is 12.8 Å². The highest BCUT2D eigenvalue weighted by molar-refractivity contribution is 5.94. The van der Waals surface area contributed by atoms with E-state index in [4.69, 9.17) is 4.42 Å². The number of aryl methyl sites for hydroxylation is 2. The summed E-state index contributed by atoms with van der Waals surface area (Å²) >= 11 is 0. The number of rotatable bonds is 6. The van der Waals surface area contributed by atoms with Crippen LogP contribution in [-0.2, 0) is 16.1 Å². The largest absolute Gasteiger partial charge is 0.467 e. The lowest BCUT2D eigenvalue weighted by atomic mass is 10.1. The summed E-state index contributed by atoms with van der Waals surface area (Å²) in [6.45, 7) is 4.22. The number of hydrogen-bond acceptors (Lipinski definition) is 3. The third kappa shape index (κ3) is 4.48. The minimum Gasteiger partial charge on any atom is -0.467 e. The minimum absolute atomic E-state index is 0.150. The Hall–Kier alpha value is -2.56. The third-order valence-corrected chi connectivity index (χ3v) is 3.36. The molecule has 5 nitrogen and oxygen atoms in total. The molecule has 2 amide bonds.